The van der Waals surface area contributed by atoms with Crippen LogP contribution in [0.5, 0.6) is 5.75 Å². The molecular formula is C18H16N4O3. The van der Waals surface area contributed by atoms with Gasteiger partial charge in [-0.2, -0.15) is 15.8 Å². The molecule has 25 heavy (non-hydrogen) atoms. The second kappa shape index (κ2) is 5.21. The van der Waals surface area contributed by atoms with E-state index in [1.807, 2.05) is 18.2 Å². The summed E-state index contributed by atoms with van der Waals surface area (Å²) in [4.78, 5) is 0. The molecule has 7 nitrogen and oxygen atoms in total. The van der Waals surface area contributed by atoms with Crippen LogP contribution in [-0.2, 0) is 9.47 Å². The number of nitrogens with zero attached hydrogens (tertiary/aromatic N) is 3. The Kier molecular flexibility index (Phi) is 3.49. The zero-order chi connectivity index (χ0) is 18.5. The highest BCUT2D eigenvalue weighted by Gasteiger charge is 2.78. The molecule has 2 heterocycles. The summed E-state index contributed by atoms with van der Waals surface area (Å²) in [6, 6.07) is 12.8. The van der Waals surface area contributed by atoms with Gasteiger partial charge in [0.2, 0.25) is 17.1 Å². The van der Waals surface area contributed by atoms with Crippen molar-refractivity contribution in [3.8, 4) is 24.0 Å². The smallest absolute Gasteiger partial charge is 0.214 e. The van der Waals surface area contributed by atoms with Gasteiger partial charge in [-0.3, -0.25) is 5.41 Å². The quantitative estimate of drug-likeness (QED) is 0.885. The maximum atomic E-state index is 9.95. The predicted octanol–water partition coefficient (Wildman–Crippen LogP) is 2.67. The van der Waals surface area contributed by atoms with Crippen molar-refractivity contribution in [1.29, 1.82) is 21.2 Å². The number of fused-ring (bicyclic) bond motifs is 2. The van der Waals surface area contributed by atoms with Crippen LogP contribution in [0.1, 0.15) is 25.5 Å². The Morgan fingerprint density at radius 2 is 1.88 bits per heavy atom. The number of benzene rings is 1. The Morgan fingerprint density at radius 3 is 2.44 bits per heavy atom. The van der Waals surface area contributed by atoms with Gasteiger partial charge in [0.15, 0.2) is 5.41 Å². The lowest BCUT2D eigenvalue weighted by molar-refractivity contribution is -0.268. The fourth-order valence-electron chi connectivity index (χ4n) is 3.81. The number of methoxy groups -OCH3 is 1. The molecule has 2 bridgehead atoms. The number of hydrogen-bond acceptors (Lipinski definition) is 7. The van der Waals surface area contributed by atoms with Crippen LogP contribution in [0, 0.1) is 56.2 Å². The third-order valence-corrected chi connectivity index (χ3v) is 5.39. The zero-order valence-corrected chi connectivity index (χ0v) is 14.0. The first-order chi connectivity index (χ1) is 11.8. The van der Waals surface area contributed by atoms with Crippen LogP contribution in [0.2, 0.25) is 0 Å². The minimum Gasteiger partial charge on any atom is -0.497 e. The summed E-state index contributed by atoms with van der Waals surface area (Å²) in [6.07, 6.45) is -1.07. The third kappa shape index (κ3) is 1.78. The molecule has 0 saturated carbocycles. The van der Waals surface area contributed by atoms with E-state index in [4.69, 9.17) is 19.6 Å². The Morgan fingerprint density at radius 1 is 1.20 bits per heavy atom. The van der Waals surface area contributed by atoms with Crippen LogP contribution >= 0.6 is 0 Å². The average molecular weight is 336 g/mol. The summed E-state index contributed by atoms with van der Waals surface area (Å²) in [5.74, 6) is -1.82. The summed E-state index contributed by atoms with van der Waals surface area (Å²) >= 11 is 0. The molecule has 0 radical (unpaired) electrons. The molecule has 0 aromatic heterocycles. The van der Waals surface area contributed by atoms with Gasteiger partial charge >= 0.3 is 0 Å². The Hall–Kier alpha value is -3.08. The first-order valence-corrected chi connectivity index (χ1v) is 7.68. The molecule has 2 aliphatic rings. The summed E-state index contributed by atoms with van der Waals surface area (Å²) < 4.78 is 16.8. The fraction of sp³-hybridized carbons (Fsp3) is 0.444. The van der Waals surface area contributed by atoms with Crippen LogP contribution in [-0.4, -0.2) is 18.8 Å². The molecule has 1 aromatic carbocycles. The van der Waals surface area contributed by atoms with Gasteiger partial charge in [0.25, 0.3) is 0 Å². The first-order valence-electron chi connectivity index (χ1n) is 7.68. The lowest BCUT2D eigenvalue weighted by atomic mass is 9.54. The van der Waals surface area contributed by atoms with Gasteiger partial charge in [-0.05, 0) is 17.7 Å². The van der Waals surface area contributed by atoms with E-state index >= 15 is 0 Å². The number of nitriles is 3. The monoisotopic (exact) mass is 336 g/mol. The molecular weight excluding hydrogens is 320 g/mol. The topological polar surface area (TPSA) is 123 Å². The highest BCUT2D eigenvalue weighted by molar-refractivity contribution is 5.89. The number of nitrogens with one attached hydrogen (secondary N) is 1. The fourth-order valence-corrected chi connectivity index (χ4v) is 3.81. The van der Waals surface area contributed by atoms with Gasteiger partial charge in [0.1, 0.15) is 11.9 Å². The molecule has 2 fully saturated rings. The van der Waals surface area contributed by atoms with Gasteiger partial charge < -0.3 is 14.2 Å². The molecule has 0 aliphatic carbocycles. The molecule has 7 heteroatoms. The molecule has 1 aromatic rings. The third-order valence-electron chi connectivity index (χ3n) is 5.39. The van der Waals surface area contributed by atoms with E-state index in [0.717, 1.165) is 0 Å². The van der Waals surface area contributed by atoms with Crippen molar-refractivity contribution in [3.63, 3.8) is 0 Å². The molecule has 1 N–H and O–H groups in total. The highest BCUT2D eigenvalue weighted by Crippen LogP contribution is 2.66. The number of rotatable bonds is 2. The van der Waals surface area contributed by atoms with E-state index in [2.05, 4.69) is 0 Å². The second-order valence-corrected chi connectivity index (χ2v) is 6.39. The van der Waals surface area contributed by atoms with Gasteiger partial charge in [0, 0.05) is 6.92 Å². The molecule has 0 unspecified atom stereocenters. The Labute approximate surface area is 145 Å². The summed E-state index contributed by atoms with van der Waals surface area (Å²) in [5, 5.41) is 38.1. The SMILES string of the molecule is COc1cccc([C@H]2O[C@@]3(C)OC(=N)[C@@](C#N)([C@H]3C)C2(C#N)C#N)c1. The molecule has 2 saturated heterocycles. The van der Waals surface area contributed by atoms with Crippen molar-refractivity contribution in [1.82, 2.24) is 0 Å². The van der Waals surface area contributed by atoms with Crippen molar-refractivity contribution in [3.05, 3.63) is 29.8 Å². The standard InChI is InChI=1S/C18H16N4O3/c1-11-16(2)24-14(12-5-4-6-13(7-12)23-3)17(8-19,9-20)18(11,10-21)15(22)25-16/h4-7,11,14,22H,1-3H3/t11-,14+,16-,18+/m0/s1. The van der Waals surface area contributed by atoms with Crippen molar-refractivity contribution >= 4 is 5.90 Å². The van der Waals surface area contributed by atoms with E-state index in [1.54, 1.807) is 38.1 Å². The average Bonchev–Trinajstić information content (AvgIpc) is 2.77. The van der Waals surface area contributed by atoms with Gasteiger partial charge in [0.05, 0.1) is 31.2 Å². The lowest BCUT2D eigenvalue weighted by Crippen LogP contribution is -2.57. The summed E-state index contributed by atoms with van der Waals surface area (Å²) in [7, 11) is 1.51. The van der Waals surface area contributed by atoms with Crippen LogP contribution in [0.3, 0.4) is 0 Å². The molecule has 0 spiro atoms. The lowest BCUT2D eigenvalue weighted by Gasteiger charge is -2.47. The predicted molar refractivity (Wildman–Crippen MR) is 84.9 cm³/mol. The highest BCUT2D eigenvalue weighted by atomic mass is 16.7. The van der Waals surface area contributed by atoms with Crippen LogP contribution in [0.15, 0.2) is 24.3 Å². The number of hydrogen-bond donors (Lipinski definition) is 1. The maximum Gasteiger partial charge on any atom is 0.214 e. The molecule has 126 valence electrons. The minimum atomic E-state index is -1.93. The first kappa shape index (κ1) is 16.8. The van der Waals surface area contributed by atoms with E-state index < -0.39 is 34.5 Å². The Bertz CT molecular complexity index is 864. The zero-order valence-electron chi connectivity index (χ0n) is 14.0. The summed E-state index contributed by atoms with van der Waals surface area (Å²) in [5.41, 5.74) is -3.14. The summed E-state index contributed by atoms with van der Waals surface area (Å²) in [6.45, 7) is 3.28. The van der Waals surface area contributed by atoms with Crippen LogP contribution in [0.25, 0.3) is 0 Å². The number of ether oxygens (including phenoxy) is 3. The van der Waals surface area contributed by atoms with Gasteiger partial charge in [-0.1, -0.05) is 19.1 Å². The van der Waals surface area contributed by atoms with Crippen LogP contribution < -0.4 is 4.74 Å². The van der Waals surface area contributed by atoms with Gasteiger partial charge in [-0.15, -0.1) is 0 Å². The minimum absolute atomic E-state index is 0.404. The van der Waals surface area contributed by atoms with E-state index in [1.165, 1.54) is 7.11 Å². The van der Waals surface area contributed by atoms with E-state index in [-0.39, 0.29) is 0 Å². The van der Waals surface area contributed by atoms with Crippen LogP contribution in [0.4, 0.5) is 0 Å². The normalized spacial score (nSPS) is 35.0. The van der Waals surface area contributed by atoms with Crippen molar-refractivity contribution in [2.45, 2.75) is 25.7 Å². The Balaban J connectivity index is 2.31. The largest absolute Gasteiger partial charge is 0.497 e. The van der Waals surface area contributed by atoms with Crippen molar-refractivity contribution in [2.24, 2.45) is 16.7 Å². The molecule has 3 rings (SSSR count). The van der Waals surface area contributed by atoms with Gasteiger partial charge in [-0.25, -0.2) is 0 Å². The second-order valence-electron chi connectivity index (χ2n) is 6.39. The molecule has 0 amide bonds. The molecule has 2 aliphatic heterocycles. The molecule has 4 atom stereocenters. The van der Waals surface area contributed by atoms with E-state index in [9.17, 15) is 15.8 Å². The van der Waals surface area contributed by atoms with E-state index in [0.29, 0.717) is 11.3 Å². The van der Waals surface area contributed by atoms with Crippen molar-refractivity contribution < 1.29 is 14.2 Å². The van der Waals surface area contributed by atoms with Crippen molar-refractivity contribution in [2.75, 3.05) is 7.11 Å². The maximum absolute atomic E-state index is 9.95.